The molecule has 5 nitrogen and oxygen atoms in total. The summed E-state index contributed by atoms with van der Waals surface area (Å²) in [7, 11) is 0. The van der Waals surface area contributed by atoms with Gasteiger partial charge in [-0.25, -0.2) is 4.39 Å². The molecule has 0 unspecified atom stereocenters. The molecule has 0 atom stereocenters. The van der Waals surface area contributed by atoms with Gasteiger partial charge in [-0.15, -0.1) is 0 Å². The highest BCUT2D eigenvalue weighted by Gasteiger charge is 2.32. The smallest absolute Gasteiger partial charge is 0.227 e. The molecule has 1 amide bonds. The minimum atomic E-state index is -0.268. The van der Waals surface area contributed by atoms with Crippen molar-refractivity contribution in [3.05, 3.63) is 82.5 Å². The van der Waals surface area contributed by atoms with Crippen molar-refractivity contribution >= 4 is 5.91 Å². The molecule has 2 aromatic carbocycles. The molecule has 1 heterocycles. The predicted octanol–water partition coefficient (Wildman–Crippen LogP) is 4.74. The monoisotopic (exact) mass is 408 g/mol. The molecule has 1 aromatic heterocycles. The van der Waals surface area contributed by atoms with Crippen LogP contribution in [0.2, 0.25) is 0 Å². The first-order chi connectivity index (χ1) is 14.5. The molecule has 0 N–H and O–H groups in total. The highest BCUT2D eigenvalue weighted by Crippen LogP contribution is 2.29. The third kappa shape index (κ3) is 4.70. The zero-order chi connectivity index (χ0) is 21.1. The van der Waals surface area contributed by atoms with Crippen LogP contribution in [0.25, 0.3) is 0 Å². The van der Waals surface area contributed by atoms with Crippen molar-refractivity contribution in [3.8, 4) is 5.75 Å². The number of carbonyl (C=O) groups is 1. The number of nitrogens with zero attached hydrogens (tertiary/aromatic N) is 2. The highest BCUT2D eigenvalue weighted by atomic mass is 19.1. The Hall–Kier alpha value is -3.15. The maximum atomic E-state index is 14.0. The molecule has 4 rings (SSSR count). The summed E-state index contributed by atoms with van der Waals surface area (Å²) in [5.74, 6) is 1.22. The molecule has 0 bridgehead atoms. The van der Waals surface area contributed by atoms with Crippen molar-refractivity contribution < 1.29 is 18.4 Å². The molecule has 0 spiro atoms. The number of aromatic nitrogens is 1. The SMILES string of the molecule is Cc1noc(C)c1COc1ccc(CC(=O)N(Cc2ccccc2F)C2CC2)cc1. The Morgan fingerprint density at radius 3 is 2.53 bits per heavy atom. The third-order valence-corrected chi connectivity index (χ3v) is 5.45. The molecule has 3 aromatic rings. The van der Waals surface area contributed by atoms with Crippen LogP contribution in [0, 0.1) is 19.7 Å². The van der Waals surface area contributed by atoms with Gasteiger partial charge in [-0.05, 0) is 50.5 Å². The van der Waals surface area contributed by atoms with Gasteiger partial charge in [0, 0.05) is 18.2 Å². The summed E-state index contributed by atoms with van der Waals surface area (Å²) in [5.41, 5.74) is 3.23. The number of rotatable bonds is 8. The van der Waals surface area contributed by atoms with Gasteiger partial charge in [-0.3, -0.25) is 4.79 Å². The lowest BCUT2D eigenvalue weighted by Crippen LogP contribution is -2.34. The standard InChI is InChI=1S/C24H25FN2O3/c1-16-22(17(2)30-26-16)15-29-21-11-7-18(8-12-21)13-24(28)27(20-9-10-20)14-19-5-3-4-6-23(19)25/h3-8,11-12,20H,9-10,13-15H2,1-2H3. The van der Waals surface area contributed by atoms with Gasteiger partial charge in [-0.1, -0.05) is 35.5 Å². The summed E-state index contributed by atoms with van der Waals surface area (Å²) < 4.78 is 25.0. The molecule has 156 valence electrons. The Morgan fingerprint density at radius 2 is 1.90 bits per heavy atom. The lowest BCUT2D eigenvalue weighted by atomic mass is 10.1. The largest absolute Gasteiger partial charge is 0.489 e. The van der Waals surface area contributed by atoms with Crippen molar-refractivity contribution in [1.29, 1.82) is 0 Å². The summed E-state index contributed by atoms with van der Waals surface area (Å²) in [6.45, 7) is 4.45. The van der Waals surface area contributed by atoms with E-state index in [1.807, 2.05) is 38.1 Å². The van der Waals surface area contributed by atoms with Gasteiger partial charge in [0.25, 0.3) is 0 Å². The molecular weight excluding hydrogens is 383 g/mol. The quantitative estimate of drug-likeness (QED) is 0.540. The van der Waals surface area contributed by atoms with E-state index >= 15 is 0 Å². The maximum Gasteiger partial charge on any atom is 0.227 e. The second kappa shape index (κ2) is 8.69. The van der Waals surface area contributed by atoms with Crippen LogP contribution in [0.5, 0.6) is 5.75 Å². The Labute approximate surface area is 175 Å². The van der Waals surface area contributed by atoms with Crippen molar-refractivity contribution in [3.63, 3.8) is 0 Å². The van der Waals surface area contributed by atoms with Crippen LogP contribution < -0.4 is 4.74 Å². The van der Waals surface area contributed by atoms with E-state index in [0.29, 0.717) is 18.7 Å². The highest BCUT2D eigenvalue weighted by molar-refractivity contribution is 5.79. The van der Waals surface area contributed by atoms with E-state index in [-0.39, 0.29) is 24.2 Å². The fourth-order valence-electron chi connectivity index (χ4n) is 3.46. The van der Waals surface area contributed by atoms with Gasteiger partial charge < -0.3 is 14.2 Å². The average Bonchev–Trinajstić information content (AvgIpc) is 3.53. The van der Waals surface area contributed by atoms with Crippen LogP contribution in [0.3, 0.4) is 0 Å². The fourth-order valence-corrected chi connectivity index (χ4v) is 3.46. The normalized spacial score (nSPS) is 13.3. The molecule has 1 fully saturated rings. The van der Waals surface area contributed by atoms with Crippen molar-refractivity contribution in [1.82, 2.24) is 10.1 Å². The van der Waals surface area contributed by atoms with Crippen LogP contribution in [0.4, 0.5) is 4.39 Å². The zero-order valence-electron chi connectivity index (χ0n) is 17.2. The molecule has 1 aliphatic carbocycles. The van der Waals surface area contributed by atoms with E-state index in [9.17, 15) is 9.18 Å². The average molecular weight is 408 g/mol. The molecular formula is C24H25FN2O3. The number of amides is 1. The van der Waals surface area contributed by atoms with Gasteiger partial charge in [0.05, 0.1) is 17.7 Å². The van der Waals surface area contributed by atoms with Crippen LogP contribution in [-0.4, -0.2) is 22.0 Å². The maximum absolute atomic E-state index is 14.0. The van der Waals surface area contributed by atoms with Crippen LogP contribution >= 0.6 is 0 Å². The van der Waals surface area contributed by atoms with E-state index < -0.39 is 0 Å². The minimum absolute atomic E-state index is 0.0187. The van der Waals surface area contributed by atoms with Gasteiger partial charge in [0.15, 0.2) is 0 Å². The number of hydrogen-bond donors (Lipinski definition) is 0. The Kier molecular flexibility index (Phi) is 5.84. The van der Waals surface area contributed by atoms with Gasteiger partial charge >= 0.3 is 0 Å². The van der Waals surface area contributed by atoms with Gasteiger partial charge in [0.1, 0.15) is 23.9 Å². The molecule has 0 radical (unpaired) electrons. The number of ether oxygens (including phenoxy) is 1. The second-order valence-corrected chi connectivity index (χ2v) is 7.76. The van der Waals surface area contributed by atoms with Gasteiger partial charge in [-0.2, -0.15) is 0 Å². The van der Waals surface area contributed by atoms with E-state index in [4.69, 9.17) is 9.26 Å². The molecule has 6 heteroatoms. The summed E-state index contributed by atoms with van der Waals surface area (Å²) in [6, 6.07) is 14.4. The number of aryl methyl sites for hydroxylation is 2. The number of hydrogen-bond acceptors (Lipinski definition) is 4. The molecule has 1 aliphatic rings. The lowest BCUT2D eigenvalue weighted by molar-refractivity contribution is -0.131. The third-order valence-electron chi connectivity index (χ3n) is 5.45. The zero-order valence-corrected chi connectivity index (χ0v) is 17.2. The van der Waals surface area contributed by atoms with E-state index in [1.165, 1.54) is 6.07 Å². The Bertz CT molecular complexity index is 1010. The first-order valence-corrected chi connectivity index (χ1v) is 10.2. The summed E-state index contributed by atoms with van der Waals surface area (Å²) in [6.07, 6.45) is 2.25. The summed E-state index contributed by atoms with van der Waals surface area (Å²) >= 11 is 0. The number of carbonyl (C=O) groups excluding carboxylic acids is 1. The van der Waals surface area contributed by atoms with Crippen LogP contribution in [0.15, 0.2) is 53.1 Å². The number of halogens is 1. The van der Waals surface area contributed by atoms with E-state index in [0.717, 1.165) is 41.2 Å². The van der Waals surface area contributed by atoms with Crippen LogP contribution in [-0.2, 0) is 24.4 Å². The summed E-state index contributed by atoms with van der Waals surface area (Å²) in [5, 5.41) is 3.93. The first-order valence-electron chi connectivity index (χ1n) is 10.2. The Morgan fingerprint density at radius 1 is 1.17 bits per heavy atom. The predicted molar refractivity (Wildman–Crippen MR) is 110 cm³/mol. The second-order valence-electron chi connectivity index (χ2n) is 7.76. The lowest BCUT2D eigenvalue weighted by Gasteiger charge is -2.23. The first kappa shape index (κ1) is 20.1. The van der Waals surface area contributed by atoms with E-state index in [1.54, 1.807) is 23.1 Å². The molecule has 0 saturated heterocycles. The van der Waals surface area contributed by atoms with E-state index in [2.05, 4.69) is 5.16 Å². The van der Waals surface area contributed by atoms with Crippen molar-refractivity contribution in [2.45, 2.75) is 52.3 Å². The fraction of sp³-hybridized carbons (Fsp3) is 0.333. The molecule has 0 aliphatic heterocycles. The summed E-state index contributed by atoms with van der Waals surface area (Å²) in [4.78, 5) is 14.7. The number of benzene rings is 2. The Balaban J connectivity index is 1.37. The topological polar surface area (TPSA) is 55.6 Å². The van der Waals surface area contributed by atoms with Crippen molar-refractivity contribution in [2.75, 3.05) is 0 Å². The van der Waals surface area contributed by atoms with Crippen LogP contribution in [0.1, 0.15) is 41.0 Å². The molecule has 30 heavy (non-hydrogen) atoms. The minimum Gasteiger partial charge on any atom is -0.489 e. The van der Waals surface area contributed by atoms with Gasteiger partial charge in [0.2, 0.25) is 5.91 Å². The van der Waals surface area contributed by atoms with Crippen molar-refractivity contribution in [2.24, 2.45) is 0 Å². The molecule has 1 saturated carbocycles.